The van der Waals surface area contributed by atoms with Gasteiger partial charge in [-0.15, -0.1) is 0 Å². The lowest BCUT2D eigenvalue weighted by Gasteiger charge is -2.24. The van der Waals surface area contributed by atoms with E-state index in [1.54, 1.807) is 0 Å². The minimum absolute atomic E-state index is 0.553. The lowest BCUT2D eigenvalue weighted by atomic mass is 10.2. The average molecular weight is 304 g/mol. The first-order valence-corrected chi connectivity index (χ1v) is 7.64. The van der Waals surface area contributed by atoms with Gasteiger partial charge in [0, 0.05) is 7.05 Å². The van der Waals surface area contributed by atoms with Gasteiger partial charge < -0.3 is 4.74 Å². The van der Waals surface area contributed by atoms with Crippen molar-refractivity contribution in [2.24, 2.45) is 0 Å². The van der Waals surface area contributed by atoms with Crippen LogP contribution in [0.1, 0.15) is 5.56 Å². The molecule has 3 heteroatoms. The molecule has 0 aliphatic heterocycles. The summed E-state index contributed by atoms with van der Waals surface area (Å²) in [6.45, 7) is 0.553. The largest absolute Gasteiger partial charge is 0.487 e. The smallest absolute Gasteiger partial charge is 0.144 e. The highest BCUT2D eigenvalue weighted by atomic mass is 16.5. The van der Waals surface area contributed by atoms with Crippen molar-refractivity contribution in [1.29, 1.82) is 0 Å². The molecule has 0 heterocycles. The molecule has 23 heavy (non-hydrogen) atoms. The fraction of sp³-hybridized carbons (Fsp3) is 0.100. The highest BCUT2D eigenvalue weighted by Crippen LogP contribution is 2.28. The van der Waals surface area contributed by atoms with Gasteiger partial charge in [-0.3, -0.25) is 10.4 Å². The monoisotopic (exact) mass is 304 g/mol. The maximum atomic E-state index is 6.00. The summed E-state index contributed by atoms with van der Waals surface area (Å²) >= 11 is 0. The van der Waals surface area contributed by atoms with Crippen LogP contribution in [-0.2, 0) is 6.61 Å². The van der Waals surface area contributed by atoms with Gasteiger partial charge in [-0.25, -0.2) is 0 Å². The predicted molar refractivity (Wildman–Crippen MR) is 95.7 cm³/mol. The zero-order chi connectivity index (χ0) is 15.9. The second kappa shape index (κ2) is 7.36. The molecule has 0 bridgehead atoms. The number of nitrogens with zero attached hydrogens (tertiary/aromatic N) is 1. The Morgan fingerprint density at radius 3 is 2.13 bits per heavy atom. The first-order valence-electron chi connectivity index (χ1n) is 7.64. The summed E-state index contributed by atoms with van der Waals surface area (Å²) < 4.78 is 6.00. The molecule has 0 fully saturated rings. The number of para-hydroxylation sites is 3. The minimum Gasteiger partial charge on any atom is -0.487 e. The van der Waals surface area contributed by atoms with Crippen molar-refractivity contribution in [3.05, 3.63) is 90.5 Å². The van der Waals surface area contributed by atoms with Gasteiger partial charge in [-0.05, 0) is 29.8 Å². The van der Waals surface area contributed by atoms with Crippen molar-refractivity contribution in [3.63, 3.8) is 0 Å². The molecule has 0 aliphatic carbocycles. The lowest BCUT2D eigenvalue weighted by Crippen LogP contribution is -2.25. The van der Waals surface area contributed by atoms with E-state index in [0.717, 1.165) is 22.7 Å². The van der Waals surface area contributed by atoms with Gasteiger partial charge in [0.2, 0.25) is 0 Å². The Bertz CT molecular complexity index is 729. The van der Waals surface area contributed by atoms with Crippen LogP contribution in [0.25, 0.3) is 0 Å². The first kappa shape index (κ1) is 15.0. The number of benzene rings is 3. The topological polar surface area (TPSA) is 24.5 Å². The van der Waals surface area contributed by atoms with Crippen molar-refractivity contribution in [3.8, 4) is 5.75 Å². The molecule has 116 valence electrons. The zero-order valence-corrected chi connectivity index (χ0v) is 13.1. The average Bonchev–Trinajstić information content (AvgIpc) is 2.62. The Kier molecular flexibility index (Phi) is 4.79. The van der Waals surface area contributed by atoms with E-state index in [-0.39, 0.29) is 0 Å². The third-order valence-corrected chi connectivity index (χ3v) is 3.53. The van der Waals surface area contributed by atoms with E-state index < -0.39 is 0 Å². The van der Waals surface area contributed by atoms with Crippen LogP contribution in [0.15, 0.2) is 84.9 Å². The third-order valence-electron chi connectivity index (χ3n) is 3.53. The summed E-state index contributed by atoms with van der Waals surface area (Å²) in [7, 11) is 1.98. The molecule has 1 N–H and O–H groups in total. The van der Waals surface area contributed by atoms with Crippen LogP contribution < -0.4 is 15.2 Å². The Morgan fingerprint density at radius 1 is 0.783 bits per heavy atom. The molecule has 0 amide bonds. The van der Waals surface area contributed by atoms with Gasteiger partial charge >= 0.3 is 0 Å². The number of hydrazine groups is 1. The maximum Gasteiger partial charge on any atom is 0.144 e. The summed E-state index contributed by atoms with van der Waals surface area (Å²) in [6, 6.07) is 28.3. The number of hydrogen-bond donors (Lipinski definition) is 1. The molecule has 3 aromatic carbocycles. The second-order valence-corrected chi connectivity index (χ2v) is 5.28. The van der Waals surface area contributed by atoms with Crippen molar-refractivity contribution >= 4 is 11.4 Å². The van der Waals surface area contributed by atoms with Gasteiger partial charge in [-0.2, -0.15) is 0 Å². The SMILES string of the molecule is CN(Nc1ccccc1)c1ccccc1OCc1ccccc1. The second-order valence-electron chi connectivity index (χ2n) is 5.28. The summed E-state index contributed by atoms with van der Waals surface area (Å²) in [5.74, 6) is 0.849. The number of hydrogen-bond acceptors (Lipinski definition) is 3. The highest BCUT2D eigenvalue weighted by Gasteiger charge is 2.08. The fourth-order valence-electron chi connectivity index (χ4n) is 2.36. The molecular formula is C20H20N2O. The molecular weight excluding hydrogens is 284 g/mol. The predicted octanol–water partition coefficient (Wildman–Crippen LogP) is 4.73. The van der Waals surface area contributed by atoms with Crippen LogP contribution in [0.4, 0.5) is 11.4 Å². The number of rotatable bonds is 6. The van der Waals surface area contributed by atoms with E-state index >= 15 is 0 Å². The molecule has 3 rings (SSSR count). The molecule has 0 aromatic heterocycles. The van der Waals surface area contributed by atoms with Crippen LogP contribution in [-0.4, -0.2) is 7.05 Å². The van der Waals surface area contributed by atoms with Gasteiger partial charge in [0.1, 0.15) is 12.4 Å². The quantitative estimate of drug-likeness (QED) is 0.666. The molecule has 3 nitrogen and oxygen atoms in total. The van der Waals surface area contributed by atoms with E-state index in [1.807, 2.05) is 84.9 Å². The van der Waals surface area contributed by atoms with E-state index in [9.17, 15) is 0 Å². The molecule has 3 aromatic rings. The van der Waals surface area contributed by atoms with E-state index in [2.05, 4.69) is 17.6 Å². The maximum absolute atomic E-state index is 6.00. The molecule has 0 saturated heterocycles. The van der Waals surface area contributed by atoms with E-state index in [1.165, 1.54) is 0 Å². The lowest BCUT2D eigenvalue weighted by molar-refractivity contribution is 0.307. The number of ether oxygens (including phenoxy) is 1. The molecule has 0 unspecified atom stereocenters. The molecule has 0 spiro atoms. The normalized spacial score (nSPS) is 10.1. The number of anilines is 2. The van der Waals surface area contributed by atoms with E-state index in [4.69, 9.17) is 4.74 Å². The van der Waals surface area contributed by atoms with Crippen LogP contribution in [0.5, 0.6) is 5.75 Å². The first-order chi connectivity index (χ1) is 11.3. The highest BCUT2D eigenvalue weighted by molar-refractivity contribution is 5.62. The summed E-state index contributed by atoms with van der Waals surface area (Å²) in [6.07, 6.45) is 0. The van der Waals surface area contributed by atoms with Crippen molar-refractivity contribution in [2.45, 2.75) is 6.61 Å². The molecule has 0 aliphatic rings. The Morgan fingerprint density at radius 2 is 1.39 bits per heavy atom. The van der Waals surface area contributed by atoms with Gasteiger partial charge in [0.05, 0.1) is 11.4 Å². The zero-order valence-electron chi connectivity index (χ0n) is 13.1. The standard InChI is InChI=1S/C20H20N2O/c1-22(21-18-12-6-3-7-13-18)19-14-8-9-15-20(19)23-16-17-10-4-2-5-11-17/h2-15,21H,16H2,1H3. The number of nitrogens with one attached hydrogen (secondary N) is 1. The van der Waals surface area contributed by atoms with Crippen LogP contribution in [0.3, 0.4) is 0 Å². The minimum atomic E-state index is 0.553. The van der Waals surface area contributed by atoms with Crippen LogP contribution in [0.2, 0.25) is 0 Å². The Hall–Kier alpha value is -2.94. The Labute approximate surface area is 137 Å². The van der Waals surface area contributed by atoms with Crippen molar-refractivity contribution < 1.29 is 4.74 Å². The van der Waals surface area contributed by atoms with Gasteiger partial charge in [0.15, 0.2) is 0 Å². The summed E-state index contributed by atoms with van der Waals surface area (Å²) in [4.78, 5) is 0. The van der Waals surface area contributed by atoms with Crippen LogP contribution in [0, 0.1) is 0 Å². The molecule has 0 radical (unpaired) electrons. The van der Waals surface area contributed by atoms with Crippen molar-refractivity contribution in [1.82, 2.24) is 0 Å². The molecule has 0 saturated carbocycles. The van der Waals surface area contributed by atoms with Crippen LogP contribution >= 0.6 is 0 Å². The Balaban J connectivity index is 1.72. The van der Waals surface area contributed by atoms with Crippen molar-refractivity contribution in [2.75, 3.05) is 17.5 Å². The van der Waals surface area contributed by atoms with Gasteiger partial charge in [0.25, 0.3) is 0 Å². The fourth-order valence-corrected chi connectivity index (χ4v) is 2.36. The summed E-state index contributed by atoms with van der Waals surface area (Å²) in [5, 5.41) is 1.97. The van der Waals surface area contributed by atoms with Gasteiger partial charge in [-0.1, -0.05) is 60.7 Å². The molecule has 0 atom stereocenters. The third kappa shape index (κ3) is 4.04. The summed E-state index contributed by atoms with van der Waals surface area (Å²) in [5.41, 5.74) is 6.53. The van der Waals surface area contributed by atoms with E-state index in [0.29, 0.717) is 6.61 Å².